The van der Waals surface area contributed by atoms with Crippen LogP contribution in [0.4, 0.5) is 5.82 Å². The Kier molecular flexibility index (Phi) is 3.56. The van der Waals surface area contributed by atoms with Crippen molar-refractivity contribution in [2.75, 3.05) is 18.1 Å². The molecule has 20 heavy (non-hydrogen) atoms. The highest BCUT2D eigenvalue weighted by Gasteiger charge is 2.19. The third-order valence-corrected chi connectivity index (χ3v) is 3.56. The topological polar surface area (TPSA) is 51.4 Å². The minimum Gasteiger partial charge on any atom is -0.491 e. The van der Waals surface area contributed by atoms with Crippen LogP contribution in [0.15, 0.2) is 42.6 Å². The van der Waals surface area contributed by atoms with Crippen molar-refractivity contribution in [3.05, 3.63) is 53.7 Å². The molecule has 0 saturated carbocycles. The fourth-order valence-corrected chi connectivity index (χ4v) is 2.54. The fraction of sp³-hybridized carbons (Fsp3) is 0.312. The van der Waals surface area contributed by atoms with E-state index in [0.29, 0.717) is 6.61 Å². The minimum atomic E-state index is -0.0295. The van der Waals surface area contributed by atoms with Crippen LogP contribution in [-0.4, -0.2) is 18.1 Å². The number of pyridine rings is 1. The second-order valence-electron chi connectivity index (χ2n) is 5.08. The van der Waals surface area contributed by atoms with Crippen molar-refractivity contribution in [2.45, 2.75) is 19.5 Å². The van der Waals surface area contributed by atoms with Crippen molar-refractivity contribution in [1.82, 2.24) is 4.98 Å². The van der Waals surface area contributed by atoms with E-state index in [1.165, 1.54) is 5.56 Å². The number of anilines is 1. The van der Waals surface area contributed by atoms with Gasteiger partial charge in [0.05, 0.1) is 6.54 Å². The van der Waals surface area contributed by atoms with Gasteiger partial charge in [0.15, 0.2) is 0 Å². The van der Waals surface area contributed by atoms with Gasteiger partial charge in [-0.2, -0.15) is 0 Å². The molecule has 1 aromatic heterocycles. The average molecular weight is 269 g/mol. The summed E-state index contributed by atoms with van der Waals surface area (Å²) in [6.45, 7) is 4.26. The van der Waals surface area contributed by atoms with Gasteiger partial charge in [-0.1, -0.05) is 24.3 Å². The highest BCUT2D eigenvalue weighted by molar-refractivity contribution is 5.50. The number of para-hydroxylation sites is 1. The zero-order valence-electron chi connectivity index (χ0n) is 11.6. The van der Waals surface area contributed by atoms with Crippen LogP contribution < -0.4 is 15.4 Å². The van der Waals surface area contributed by atoms with Crippen LogP contribution in [-0.2, 0) is 6.54 Å². The van der Waals surface area contributed by atoms with Gasteiger partial charge in [0, 0.05) is 29.9 Å². The summed E-state index contributed by atoms with van der Waals surface area (Å²) in [5.41, 5.74) is 8.32. The lowest BCUT2D eigenvalue weighted by atomic mass is 10.1. The van der Waals surface area contributed by atoms with Gasteiger partial charge in [-0.3, -0.25) is 0 Å². The summed E-state index contributed by atoms with van der Waals surface area (Å²) in [6, 6.07) is 12.1. The number of hydrogen-bond acceptors (Lipinski definition) is 4. The third kappa shape index (κ3) is 2.47. The lowest BCUT2D eigenvalue weighted by Crippen LogP contribution is -2.28. The molecule has 104 valence electrons. The van der Waals surface area contributed by atoms with E-state index in [9.17, 15) is 0 Å². The number of nitrogens with zero attached hydrogens (tertiary/aromatic N) is 2. The first-order valence-electron chi connectivity index (χ1n) is 6.92. The highest BCUT2D eigenvalue weighted by Crippen LogP contribution is 2.28. The van der Waals surface area contributed by atoms with Crippen LogP contribution in [0.5, 0.6) is 5.75 Å². The predicted molar refractivity (Wildman–Crippen MR) is 79.8 cm³/mol. The normalized spacial score (nSPS) is 16.0. The first kappa shape index (κ1) is 12.9. The molecule has 1 atom stereocenters. The minimum absolute atomic E-state index is 0.0295. The molecular formula is C16H19N3O. The van der Waals surface area contributed by atoms with Crippen LogP contribution in [0.1, 0.15) is 24.1 Å². The van der Waals surface area contributed by atoms with Crippen molar-refractivity contribution >= 4 is 5.82 Å². The standard InChI is InChI=1S/C16H19N3O/c1-12(17)14-6-4-8-18-16(14)19-9-10-20-15-7-3-2-5-13(15)11-19/h2-8,12H,9-11,17H2,1H3. The maximum Gasteiger partial charge on any atom is 0.133 e. The number of fused-ring (bicyclic) bond motifs is 1. The first-order chi connectivity index (χ1) is 9.75. The van der Waals surface area contributed by atoms with Crippen LogP contribution in [0.3, 0.4) is 0 Å². The summed E-state index contributed by atoms with van der Waals surface area (Å²) in [4.78, 5) is 6.77. The van der Waals surface area contributed by atoms with Crippen LogP contribution >= 0.6 is 0 Å². The fourth-order valence-electron chi connectivity index (χ4n) is 2.54. The zero-order chi connectivity index (χ0) is 13.9. The summed E-state index contributed by atoms with van der Waals surface area (Å²) in [6.07, 6.45) is 1.82. The van der Waals surface area contributed by atoms with Gasteiger partial charge in [0.1, 0.15) is 18.2 Å². The van der Waals surface area contributed by atoms with E-state index in [0.717, 1.165) is 30.2 Å². The predicted octanol–water partition coefficient (Wildman–Crippen LogP) is 2.50. The molecule has 1 aliphatic rings. The number of rotatable bonds is 2. The van der Waals surface area contributed by atoms with Crippen LogP contribution in [0.2, 0.25) is 0 Å². The molecule has 1 aromatic carbocycles. The number of benzene rings is 1. The smallest absolute Gasteiger partial charge is 0.133 e. The van der Waals surface area contributed by atoms with Gasteiger partial charge >= 0.3 is 0 Å². The van der Waals surface area contributed by atoms with Crippen molar-refractivity contribution in [3.63, 3.8) is 0 Å². The summed E-state index contributed by atoms with van der Waals surface area (Å²) in [7, 11) is 0. The molecule has 0 bridgehead atoms. The molecule has 4 nitrogen and oxygen atoms in total. The first-order valence-corrected chi connectivity index (χ1v) is 6.92. The molecule has 0 amide bonds. The molecule has 3 rings (SSSR count). The number of aromatic nitrogens is 1. The van der Waals surface area contributed by atoms with Gasteiger partial charge < -0.3 is 15.4 Å². The van der Waals surface area contributed by atoms with Crippen molar-refractivity contribution in [1.29, 1.82) is 0 Å². The zero-order valence-corrected chi connectivity index (χ0v) is 11.6. The van der Waals surface area contributed by atoms with Gasteiger partial charge in [0.2, 0.25) is 0 Å². The van der Waals surface area contributed by atoms with Gasteiger partial charge in [-0.25, -0.2) is 4.98 Å². The lowest BCUT2D eigenvalue weighted by molar-refractivity contribution is 0.331. The molecule has 1 unspecified atom stereocenters. The van der Waals surface area contributed by atoms with E-state index >= 15 is 0 Å². The second kappa shape index (κ2) is 5.51. The maximum absolute atomic E-state index is 6.06. The van der Waals surface area contributed by atoms with Crippen molar-refractivity contribution < 1.29 is 4.74 Å². The van der Waals surface area contributed by atoms with Crippen LogP contribution in [0.25, 0.3) is 0 Å². The number of ether oxygens (including phenoxy) is 1. The third-order valence-electron chi connectivity index (χ3n) is 3.56. The van der Waals surface area contributed by atoms with Crippen molar-refractivity contribution in [3.8, 4) is 5.75 Å². The van der Waals surface area contributed by atoms with Crippen molar-refractivity contribution in [2.24, 2.45) is 5.73 Å². The largest absolute Gasteiger partial charge is 0.491 e. The summed E-state index contributed by atoms with van der Waals surface area (Å²) in [5, 5.41) is 0. The van der Waals surface area contributed by atoms with E-state index in [1.807, 2.05) is 43.5 Å². The van der Waals surface area contributed by atoms with E-state index in [4.69, 9.17) is 10.5 Å². The molecular weight excluding hydrogens is 250 g/mol. The van der Waals surface area contributed by atoms with E-state index in [-0.39, 0.29) is 6.04 Å². The molecule has 2 heterocycles. The SMILES string of the molecule is CC(N)c1cccnc1N1CCOc2ccccc2C1. The van der Waals surface area contributed by atoms with E-state index in [1.54, 1.807) is 0 Å². The highest BCUT2D eigenvalue weighted by atomic mass is 16.5. The molecule has 0 radical (unpaired) electrons. The number of nitrogens with two attached hydrogens (primary N) is 1. The molecule has 0 spiro atoms. The van der Waals surface area contributed by atoms with Gasteiger partial charge in [-0.05, 0) is 19.1 Å². The molecule has 0 saturated heterocycles. The lowest BCUT2D eigenvalue weighted by Gasteiger charge is -2.24. The molecule has 4 heteroatoms. The van der Waals surface area contributed by atoms with E-state index in [2.05, 4.69) is 16.0 Å². The average Bonchev–Trinajstić information content (AvgIpc) is 2.69. The maximum atomic E-state index is 6.06. The second-order valence-corrected chi connectivity index (χ2v) is 5.08. The summed E-state index contributed by atoms with van der Waals surface area (Å²) >= 11 is 0. The van der Waals surface area contributed by atoms with Crippen LogP contribution in [0, 0.1) is 0 Å². The Morgan fingerprint density at radius 3 is 2.95 bits per heavy atom. The molecule has 2 N–H and O–H groups in total. The quantitative estimate of drug-likeness (QED) is 0.910. The molecule has 1 aliphatic heterocycles. The summed E-state index contributed by atoms with van der Waals surface area (Å²) < 4.78 is 5.80. The summed E-state index contributed by atoms with van der Waals surface area (Å²) in [5.74, 6) is 1.93. The Balaban J connectivity index is 1.96. The molecule has 0 aliphatic carbocycles. The Bertz CT molecular complexity index is 598. The molecule has 0 fully saturated rings. The van der Waals surface area contributed by atoms with E-state index < -0.39 is 0 Å². The Morgan fingerprint density at radius 2 is 2.10 bits per heavy atom. The monoisotopic (exact) mass is 269 g/mol. The number of hydrogen-bond donors (Lipinski definition) is 1. The Labute approximate surface area is 119 Å². The van der Waals surface area contributed by atoms with Gasteiger partial charge in [0.25, 0.3) is 0 Å². The molecule has 2 aromatic rings. The Hall–Kier alpha value is -2.07. The van der Waals surface area contributed by atoms with Gasteiger partial charge in [-0.15, -0.1) is 0 Å². The Morgan fingerprint density at radius 1 is 1.25 bits per heavy atom.